The predicted molar refractivity (Wildman–Crippen MR) is 126 cm³/mol. The molecule has 0 fully saturated rings. The summed E-state index contributed by atoms with van der Waals surface area (Å²) < 4.78 is 12.4. The monoisotopic (exact) mass is 456 g/mol. The highest BCUT2D eigenvalue weighted by molar-refractivity contribution is 7.17. The maximum absolute atomic E-state index is 13.1. The third kappa shape index (κ3) is 4.83. The Balaban J connectivity index is 1.94. The number of amides is 1. The van der Waals surface area contributed by atoms with E-state index in [0.29, 0.717) is 44.9 Å². The first-order valence-corrected chi connectivity index (χ1v) is 11.2. The van der Waals surface area contributed by atoms with Crippen molar-refractivity contribution in [2.75, 3.05) is 19.0 Å². The van der Waals surface area contributed by atoms with Gasteiger partial charge in [-0.3, -0.25) is 9.59 Å². The summed E-state index contributed by atoms with van der Waals surface area (Å²) in [7, 11) is 3.17. The zero-order valence-electron chi connectivity index (χ0n) is 19.2. The Labute approximate surface area is 191 Å². The minimum absolute atomic E-state index is 0.242. The summed E-state index contributed by atoms with van der Waals surface area (Å²) in [6.45, 7) is 8.08. The number of anilines is 1. The van der Waals surface area contributed by atoms with Crippen LogP contribution in [-0.2, 0) is 7.05 Å². The van der Waals surface area contributed by atoms with Gasteiger partial charge in [-0.2, -0.15) is 5.10 Å². The number of aryl methyl sites for hydroxylation is 3. The van der Waals surface area contributed by atoms with E-state index in [1.165, 1.54) is 16.0 Å². The van der Waals surface area contributed by atoms with Crippen molar-refractivity contribution in [1.82, 2.24) is 14.8 Å². The lowest BCUT2D eigenvalue weighted by Gasteiger charge is -2.13. The molecular weight excluding hydrogens is 428 g/mol. The maximum atomic E-state index is 13.1. The zero-order valence-corrected chi connectivity index (χ0v) is 20.1. The number of benzene rings is 1. The summed E-state index contributed by atoms with van der Waals surface area (Å²) in [5.41, 5.74) is 2.80. The van der Waals surface area contributed by atoms with Crippen LogP contribution in [0.4, 0.5) is 5.69 Å². The Morgan fingerprint density at radius 3 is 2.66 bits per heavy atom. The number of carbonyl (C=O) groups excluding carboxylic acids is 1. The van der Waals surface area contributed by atoms with Crippen molar-refractivity contribution in [1.29, 1.82) is 0 Å². The fourth-order valence-electron chi connectivity index (χ4n) is 3.18. The predicted octanol–water partition coefficient (Wildman–Crippen LogP) is 4.27. The van der Waals surface area contributed by atoms with Crippen molar-refractivity contribution in [3.63, 3.8) is 0 Å². The summed E-state index contributed by atoms with van der Waals surface area (Å²) in [5.74, 6) is 0.862. The van der Waals surface area contributed by atoms with Crippen molar-refractivity contribution >= 4 is 22.9 Å². The average molecular weight is 457 g/mol. The van der Waals surface area contributed by atoms with Crippen molar-refractivity contribution in [3.8, 4) is 22.1 Å². The first-order chi connectivity index (χ1) is 15.3. The molecule has 0 aliphatic carbocycles. The molecule has 1 N–H and O–H groups in total. The number of nitrogens with zero attached hydrogens (tertiary/aromatic N) is 3. The molecule has 0 spiro atoms. The number of rotatable bonds is 8. The molecule has 0 radical (unpaired) electrons. The molecule has 9 heteroatoms. The van der Waals surface area contributed by atoms with Crippen molar-refractivity contribution in [2.45, 2.75) is 40.5 Å². The zero-order chi connectivity index (χ0) is 23.4. The van der Waals surface area contributed by atoms with Crippen LogP contribution in [0.1, 0.15) is 46.4 Å². The lowest BCUT2D eigenvalue weighted by atomic mass is 10.1. The van der Waals surface area contributed by atoms with Crippen molar-refractivity contribution in [3.05, 3.63) is 50.4 Å². The van der Waals surface area contributed by atoms with E-state index in [0.717, 1.165) is 24.1 Å². The minimum atomic E-state index is -0.319. The number of carbonyl (C=O) groups is 1. The number of nitrogens with one attached hydrogen (secondary N) is 1. The van der Waals surface area contributed by atoms with Crippen LogP contribution in [0.5, 0.6) is 11.5 Å². The molecule has 8 nitrogen and oxygen atoms in total. The lowest BCUT2D eigenvalue weighted by molar-refractivity contribution is 0.102. The quantitative estimate of drug-likeness (QED) is 0.509. The molecule has 170 valence electrons. The summed E-state index contributed by atoms with van der Waals surface area (Å²) >= 11 is 1.19. The van der Waals surface area contributed by atoms with Crippen LogP contribution in [0.2, 0.25) is 0 Å². The normalized spacial score (nSPS) is 10.8. The van der Waals surface area contributed by atoms with E-state index in [9.17, 15) is 9.59 Å². The molecule has 0 bridgehead atoms. The molecule has 0 aliphatic heterocycles. The highest BCUT2D eigenvalue weighted by atomic mass is 32.1. The summed E-state index contributed by atoms with van der Waals surface area (Å²) in [6.07, 6.45) is 1.92. The second-order valence-electron chi connectivity index (χ2n) is 7.47. The average Bonchev–Trinajstić information content (AvgIpc) is 3.14. The third-order valence-corrected chi connectivity index (χ3v) is 6.31. The molecule has 3 aromatic rings. The second kappa shape index (κ2) is 9.95. The van der Waals surface area contributed by atoms with Crippen molar-refractivity contribution < 1.29 is 14.3 Å². The maximum Gasteiger partial charge on any atom is 0.277 e. The van der Waals surface area contributed by atoms with Crippen LogP contribution >= 0.6 is 11.3 Å². The van der Waals surface area contributed by atoms with Gasteiger partial charge in [0.2, 0.25) is 0 Å². The molecule has 0 unspecified atom stereocenters. The van der Waals surface area contributed by atoms with Crippen LogP contribution in [0.25, 0.3) is 10.6 Å². The van der Waals surface area contributed by atoms with Crippen LogP contribution in [-0.4, -0.2) is 34.4 Å². The third-order valence-electron chi connectivity index (χ3n) is 5.13. The highest BCUT2D eigenvalue weighted by Gasteiger charge is 2.22. The first kappa shape index (κ1) is 23.5. The fourth-order valence-corrected chi connectivity index (χ4v) is 4.24. The molecule has 2 aromatic heterocycles. The number of hydrogen-bond donors (Lipinski definition) is 1. The van der Waals surface area contributed by atoms with Gasteiger partial charge in [-0.05, 0) is 44.9 Å². The first-order valence-electron chi connectivity index (χ1n) is 10.4. The minimum Gasteiger partial charge on any atom is -0.497 e. The molecule has 0 aliphatic rings. The number of aromatic nitrogens is 3. The molecular formula is C23H28N4O4S. The lowest BCUT2D eigenvalue weighted by Crippen LogP contribution is -2.23. The Morgan fingerprint density at radius 1 is 1.22 bits per heavy atom. The van der Waals surface area contributed by atoms with Gasteiger partial charge in [-0.1, -0.05) is 13.3 Å². The van der Waals surface area contributed by atoms with E-state index in [2.05, 4.69) is 22.3 Å². The summed E-state index contributed by atoms with van der Waals surface area (Å²) in [6, 6.07) is 5.29. The van der Waals surface area contributed by atoms with E-state index in [-0.39, 0.29) is 11.5 Å². The number of methoxy groups -OCH3 is 1. The van der Waals surface area contributed by atoms with Gasteiger partial charge in [0.15, 0.2) is 0 Å². The van der Waals surface area contributed by atoms with Gasteiger partial charge in [0, 0.05) is 13.1 Å². The molecule has 3 rings (SSSR count). The largest absolute Gasteiger partial charge is 0.497 e. The van der Waals surface area contributed by atoms with Gasteiger partial charge in [-0.15, -0.1) is 11.3 Å². The molecule has 2 heterocycles. The molecule has 0 saturated carbocycles. The highest BCUT2D eigenvalue weighted by Crippen LogP contribution is 2.32. The number of unbranched alkanes of at least 4 members (excludes halogenated alkanes) is 1. The van der Waals surface area contributed by atoms with Crippen LogP contribution < -0.4 is 20.3 Å². The molecule has 1 aromatic carbocycles. The SMILES string of the molecule is CCCCOc1ccc(OC)cc1NC(=O)c1sc(-c2c(C)c(C)nn(C)c2=O)nc1C. The second-order valence-corrected chi connectivity index (χ2v) is 8.47. The van der Waals surface area contributed by atoms with Gasteiger partial charge < -0.3 is 14.8 Å². The number of hydrogen-bond acceptors (Lipinski definition) is 7. The standard InChI is InChI=1S/C23H28N4O4S/c1-7-8-11-31-18-10-9-16(30-6)12-17(18)25-21(28)20-15(4)24-22(32-20)19-13(2)14(3)26-27(5)23(19)29/h9-10,12H,7-8,11H2,1-6H3,(H,25,28). The van der Waals surface area contributed by atoms with E-state index in [4.69, 9.17) is 9.47 Å². The van der Waals surface area contributed by atoms with Crippen LogP contribution in [0.3, 0.4) is 0 Å². The van der Waals surface area contributed by atoms with Gasteiger partial charge >= 0.3 is 0 Å². The Bertz CT molecular complexity index is 1200. The van der Waals surface area contributed by atoms with Crippen LogP contribution in [0.15, 0.2) is 23.0 Å². The van der Waals surface area contributed by atoms with Gasteiger partial charge in [0.1, 0.15) is 21.4 Å². The van der Waals surface area contributed by atoms with Gasteiger partial charge in [0.25, 0.3) is 11.5 Å². The number of thiazole rings is 1. The van der Waals surface area contributed by atoms with E-state index < -0.39 is 0 Å². The Kier molecular flexibility index (Phi) is 7.29. The van der Waals surface area contributed by atoms with E-state index >= 15 is 0 Å². The fraction of sp³-hybridized carbons (Fsp3) is 0.391. The topological polar surface area (TPSA) is 95.3 Å². The molecule has 32 heavy (non-hydrogen) atoms. The van der Waals surface area contributed by atoms with Gasteiger partial charge in [-0.25, -0.2) is 9.67 Å². The van der Waals surface area contributed by atoms with E-state index in [1.54, 1.807) is 39.3 Å². The summed E-state index contributed by atoms with van der Waals surface area (Å²) in [4.78, 5) is 30.8. The molecule has 0 atom stereocenters. The van der Waals surface area contributed by atoms with Crippen molar-refractivity contribution in [2.24, 2.45) is 7.05 Å². The van der Waals surface area contributed by atoms with Crippen LogP contribution in [0, 0.1) is 20.8 Å². The summed E-state index contributed by atoms with van der Waals surface area (Å²) in [5, 5.41) is 7.63. The Hall–Kier alpha value is -3.20. The van der Waals surface area contributed by atoms with E-state index in [1.807, 2.05) is 13.8 Å². The molecule has 0 saturated heterocycles. The van der Waals surface area contributed by atoms with Gasteiger partial charge in [0.05, 0.1) is 36.4 Å². The smallest absolute Gasteiger partial charge is 0.277 e. The number of ether oxygens (including phenoxy) is 2. The molecule has 1 amide bonds. The Morgan fingerprint density at radius 2 is 1.97 bits per heavy atom.